The van der Waals surface area contributed by atoms with E-state index in [-0.39, 0.29) is 10.0 Å². The molecule has 1 rings (SSSR count). The molecule has 2 nitrogen and oxygen atoms in total. The van der Waals surface area contributed by atoms with E-state index in [0.717, 1.165) is 19.8 Å². The molecule has 1 fully saturated rings. The molecule has 0 amide bonds. The van der Waals surface area contributed by atoms with Crippen LogP contribution in [-0.4, -0.2) is 48.9 Å². The zero-order valence-electron chi connectivity index (χ0n) is 10.5. The summed E-state index contributed by atoms with van der Waals surface area (Å²) in [6.07, 6.45) is 1.66. The van der Waals surface area contributed by atoms with Crippen molar-refractivity contribution >= 4 is 10.0 Å². The third kappa shape index (κ3) is 4.75. The molecule has 1 aliphatic rings. The monoisotopic (exact) mass is 234 g/mol. The predicted octanol–water partition coefficient (Wildman–Crippen LogP) is 2.66. The van der Waals surface area contributed by atoms with E-state index < -0.39 is 0 Å². The van der Waals surface area contributed by atoms with Crippen LogP contribution in [0.3, 0.4) is 0 Å². The second-order valence-corrected chi connectivity index (χ2v) is 8.77. The quantitative estimate of drug-likeness (QED) is 0.452. The molecule has 0 bridgehead atoms. The van der Waals surface area contributed by atoms with Crippen molar-refractivity contribution in [3.05, 3.63) is 0 Å². The first-order chi connectivity index (χ1) is 7.26. The Morgan fingerprint density at radius 1 is 1.20 bits per heavy atom. The Bertz CT molecular complexity index is 157. The fraction of sp³-hybridized carbons (Fsp3) is 1.00. The molecular weight excluding hydrogens is 208 g/mol. The van der Waals surface area contributed by atoms with Gasteiger partial charge in [0.25, 0.3) is 0 Å². The van der Waals surface area contributed by atoms with Gasteiger partial charge in [-0.25, -0.2) is 10.0 Å². The van der Waals surface area contributed by atoms with Crippen molar-refractivity contribution in [2.45, 2.75) is 33.3 Å². The van der Waals surface area contributed by atoms with Crippen molar-refractivity contribution in [1.82, 2.24) is 0 Å². The van der Waals surface area contributed by atoms with Gasteiger partial charge in [-0.05, 0) is 29.4 Å². The highest BCUT2D eigenvalue weighted by atomic mass is 32.3. The second-order valence-electron chi connectivity index (χ2n) is 4.18. The number of hydrogen-bond acceptors (Lipinski definition) is 2. The van der Waals surface area contributed by atoms with E-state index in [4.69, 9.17) is 9.47 Å². The largest absolute Gasteiger partial charge is 0.379 e. The van der Waals surface area contributed by atoms with Crippen LogP contribution in [0.5, 0.6) is 0 Å². The lowest BCUT2D eigenvalue weighted by molar-refractivity contribution is 0.117. The maximum absolute atomic E-state index is 5.57. The van der Waals surface area contributed by atoms with Gasteiger partial charge in [-0.2, -0.15) is 0 Å². The van der Waals surface area contributed by atoms with Gasteiger partial charge in [0.1, 0.15) is 6.10 Å². The molecule has 0 radical (unpaired) electrons. The maximum Gasteiger partial charge on any atom is 0.104 e. The van der Waals surface area contributed by atoms with Crippen LogP contribution in [0.2, 0.25) is 0 Å². The van der Waals surface area contributed by atoms with Gasteiger partial charge < -0.3 is 9.47 Å². The van der Waals surface area contributed by atoms with Crippen molar-refractivity contribution < 1.29 is 9.47 Å². The number of epoxide rings is 1. The summed E-state index contributed by atoms with van der Waals surface area (Å²) >= 11 is 0. The summed E-state index contributed by atoms with van der Waals surface area (Å²) in [5.41, 5.74) is 0. The molecule has 1 aliphatic heterocycles. The summed E-state index contributed by atoms with van der Waals surface area (Å²) in [7, 11) is -0.307. The molecule has 3 heteroatoms. The molecular formula is C12H26O2S. The first-order valence-corrected chi connectivity index (χ1v) is 8.50. The SMILES string of the molecule is CCS(CC)(CC)CCCOCC1CO1. The van der Waals surface area contributed by atoms with Crippen molar-refractivity contribution in [3.63, 3.8) is 0 Å². The lowest BCUT2D eigenvalue weighted by Crippen LogP contribution is -2.15. The van der Waals surface area contributed by atoms with Crippen LogP contribution in [-0.2, 0) is 9.47 Å². The van der Waals surface area contributed by atoms with Crippen molar-refractivity contribution in [3.8, 4) is 0 Å². The second kappa shape index (κ2) is 6.77. The zero-order chi connectivity index (χ0) is 11.1. The van der Waals surface area contributed by atoms with Crippen LogP contribution < -0.4 is 0 Å². The lowest BCUT2D eigenvalue weighted by atomic mass is 10.5. The third-order valence-corrected chi connectivity index (χ3v) is 8.24. The van der Waals surface area contributed by atoms with Crippen LogP contribution >= 0.6 is 10.0 Å². The molecule has 1 heterocycles. The van der Waals surface area contributed by atoms with Gasteiger partial charge in [0.2, 0.25) is 0 Å². The van der Waals surface area contributed by atoms with Crippen LogP contribution in [0.4, 0.5) is 0 Å². The van der Waals surface area contributed by atoms with E-state index in [1.54, 1.807) is 0 Å². The Kier molecular flexibility index (Phi) is 6.02. The maximum atomic E-state index is 5.57. The minimum atomic E-state index is -0.307. The highest BCUT2D eigenvalue weighted by Crippen LogP contribution is 2.47. The topological polar surface area (TPSA) is 21.8 Å². The highest BCUT2D eigenvalue weighted by molar-refractivity contribution is 8.33. The molecule has 0 spiro atoms. The summed E-state index contributed by atoms with van der Waals surface area (Å²) in [5.74, 6) is 5.53. The normalized spacial score (nSPS) is 21.7. The van der Waals surface area contributed by atoms with Crippen LogP contribution in [0.15, 0.2) is 0 Å². The Hall–Kier alpha value is 0.270. The fourth-order valence-corrected chi connectivity index (χ4v) is 4.71. The lowest BCUT2D eigenvalue weighted by Gasteiger charge is -2.37. The number of ether oxygens (including phenoxy) is 2. The molecule has 1 saturated heterocycles. The minimum Gasteiger partial charge on any atom is -0.379 e. The van der Waals surface area contributed by atoms with E-state index in [1.807, 2.05) is 0 Å². The van der Waals surface area contributed by atoms with Crippen molar-refractivity contribution in [1.29, 1.82) is 0 Å². The number of rotatable bonds is 9. The molecule has 0 saturated carbocycles. The standard InChI is InChI=1S/C12H26O2S/c1-4-15(5-2,6-3)9-7-8-13-10-12-11-14-12/h12H,4-11H2,1-3H3. The first-order valence-electron chi connectivity index (χ1n) is 6.19. The Morgan fingerprint density at radius 2 is 1.80 bits per heavy atom. The molecule has 15 heavy (non-hydrogen) atoms. The highest BCUT2D eigenvalue weighted by Gasteiger charge is 2.22. The van der Waals surface area contributed by atoms with Gasteiger partial charge >= 0.3 is 0 Å². The smallest absolute Gasteiger partial charge is 0.104 e. The molecule has 92 valence electrons. The molecule has 0 aromatic carbocycles. The molecule has 1 unspecified atom stereocenters. The average Bonchev–Trinajstić information content (AvgIpc) is 3.08. The van der Waals surface area contributed by atoms with Crippen molar-refractivity contribution in [2.24, 2.45) is 0 Å². The minimum absolute atomic E-state index is 0.307. The summed E-state index contributed by atoms with van der Waals surface area (Å²) in [6.45, 7) is 9.69. The summed E-state index contributed by atoms with van der Waals surface area (Å²) in [6, 6.07) is 0. The van der Waals surface area contributed by atoms with Gasteiger partial charge in [0, 0.05) is 6.61 Å². The van der Waals surface area contributed by atoms with E-state index >= 15 is 0 Å². The van der Waals surface area contributed by atoms with E-state index in [9.17, 15) is 0 Å². The van der Waals surface area contributed by atoms with Gasteiger partial charge in [0.15, 0.2) is 0 Å². The molecule has 0 aromatic rings. The van der Waals surface area contributed by atoms with Gasteiger partial charge in [-0.3, -0.25) is 0 Å². The van der Waals surface area contributed by atoms with Gasteiger partial charge in [0.05, 0.1) is 13.2 Å². The van der Waals surface area contributed by atoms with Crippen LogP contribution in [0.25, 0.3) is 0 Å². The Balaban J connectivity index is 2.04. The van der Waals surface area contributed by atoms with E-state index in [1.165, 1.54) is 29.4 Å². The Labute approximate surface area is 96.0 Å². The van der Waals surface area contributed by atoms with Gasteiger partial charge in [-0.15, -0.1) is 0 Å². The molecule has 1 atom stereocenters. The summed E-state index contributed by atoms with van der Waals surface area (Å²) in [5, 5.41) is 0. The average molecular weight is 234 g/mol. The number of hydrogen-bond donors (Lipinski definition) is 0. The summed E-state index contributed by atoms with van der Waals surface area (Å²) < 4.78 is 10.7. The van der Waals surface area contributed by atoms with Crippen LogP contribution in [0.1, 0.15) is 27.2 Å². The third-order valence-electron chi connectivity index (χ3n) is 3.41. The van der Waals surface area contributed by atoms with E-state index in [2.05, 4.69) is 20.8 Å². The fourth-order valence-electron chi connectivity index (χ4n) is 1.89. The zero-order valence-corrected chi connectivity index (χ0v) is 11.3. The molecule has 0 aromatic heterocycles. The first kappa shape index (κ1) is 13.3. The van der Waals surface area contributed by atoms with Gasteiger partial charge in [-0.1, -0.05) is 20.8 Å². The summed E-state index contributed by atoms with van der Waals surface area (Å²) in [4.78, 5) is 0. The van der Waals surface area contributed by atoms with Crippen molar-refractivity contribution in [2.75, 3.05) is 42.8 Å². The Morgan fingerprint density at radius 3 is 2.27 bits per heavy atom. The van der Waals surface area contributed by atoms with Crippen LogP contribution in [0, 0.1) is 0 Å². The molecule has 0 aliphatic carbocycles. The van der Waals surface area contributed by atoms with E-state index in [0.29, 0.717) is 6.10 Å². The predicted molar refractivity (Wildman–Crippen MR) is 69.3 cm³/mol. The molecule has 0 N–H and O–H groups in total.